The van der Waals surface area contributed by atoms with E-state index in [-0.39, 0.29) is 6.61 Å². The van der Waals surface area contributed by atoms with Crippen molar-refractivity contribution in [1.82, 2.24) is 4.90 Å². The first-order valence-corrected chi connectivity index (χ1v) is 6.66. The van der Waals surface area contributed by atoms with Gasteiger partial charge in [-0.2, -0.15) is 0 Å². The van der Waals surface area contributed by atoms with E-state index in [1.807, 2.05) is 25.1 Å². The van der Waals surface area contributed by atoms with E-state index in [4.69, 9.17) is 9.47 Å². The Labute approximate surface area is 118 Å². The maximum Gasteiger partial charge on any atom is 0.410 e. The van der Waals surface area contributed by atoms with Gasteiger partial charge in [-0.25, -0.2) is 9.59 Å². The van der Waals surface area contributed by atoms with E-state index in [1.165, 1.54) is 12.0 Å². The van der Waals surface area contributed by atoms with Gasteiger partial charge in [-0.15, -0.1) is 0 Å². The lowest BCUT2D eigenvalue weighted by atomic mass is 9.93. The van der Waals surface area contributed by atoms with Crippen LogP contribution in [0, 0.1) is 6.92 Å². The first-order valence-electron chi connectivity index (χ1n) is 6.66. The van der Waals surface area contributed by atoms with Gasteiger partial charge >= 0.3 is 12.1 Å². The average Bonchev–Trinajstić information content (AvgIpc) is 2.45. The van der Waals surface area contributed by atoms with Crippen LogP contribution in [0.3, 0.4) is 0 Å². The zero-order valence-electron chi connectivity index (χ0n) is 12.0. The van der Waals surface area contributed by atoms with Crippen LogP contribution in [-0.4, -0.2) is 36.7 Å². The Morgan fingerprint density at radius 1 is 1.35 bits per heavy atom. The Hall–Kier alpha value is -2.04. The van der Waals surface area contributed by atoms with Crippen LogP contribution in [-0.2, 0) is 27.2 Å². The molecule has 1 aliphatic heterocycles. The summed E-state index contributed by atoms with van der Waals surface area (Å²) in [5, 5.41) is 0. The Kier molecular flexibility index (Phi) is 4.27. The van der Waals surface area contributed by atoms with Gasteiger partial charge < -0.3 is 9.47 Å². The molecule has 5 nitrogen and oxygen atoms in total. The van der Waals surface area contributed by atoms with Gasteiger partial charge in [0.05, 0.1) is 20.3 Å². The summed E-state index contributed by atoms with van der Waals surface area (Å²) in [6, 6.07) is 5.42. The SMILES string of the molecule is CCOC(=O)N1Cc2ccc(C)cc2CC1C(=O)OC. The zero-order chi connectivity index (χ0) is 14.7. The Balaban J connectivity index is 2.32. The minimum Gasteiger partial charge on any atom is -0.467 e. The fourth-order valence-corrected chi connectivity index (χ4v) is 2.46. The van der Waals surface area contributed by atoms with Gasteiger partial charge in [0.25, 0.3) is 0 Å². The number of fused-ring (bicyclic) bond motifs is 1. The Morgan fingerprint density at radius 3 is 2.75 bits per heavy atom. The average molecular weight is 277 g/mol. The quantitative estimate of drug-likeness (QED) is 0.776. The molecule has 0 aromatic heterocycles. The smallest absolute Gasteiger partial charge is 0.410 e. The number of benzene rings is 1. The number of amides is 1. The number of aryl methyl sites for hydroxylation is 1. The van der Waals surface area contributed by atoms with Crippen molar-refractivity contribution in [1.29, 1.82) is 0 Å². The lowest BCUT2D eigenvalue weighted by Gasteiger charge is -2.34. The fourth-order valence-electron chi connectivity index (χ4n) is 2.46. The predicted octanol–water partition coefficient (Wildman–Crippen LogP) is 2.05. The number of rotatable bonds is 2. The van der Waals surface area contributed by atoms with Gasteiger partial charge in [0.2, 0.25) is 0 Å². The molecule has 20 heavy (non-hydrogen) atoms. The summed E-state index contributed by atoms with van der Waals surface area (Å²) < 4.78 is 9.83. The number of esters is 1. The van der Waals surface area contributed by atoms with Crippen LogP contribution in [0.15, 0.2) is 18.2 Å². The van der Waals surface area contributed by atoms with Crippen LogP contribution >= 0.6 is 0 Å². The summed E-state index contributed by atoms with van der Waals surface area (Å²) in [6.07, 6.45) is -0.0168. The number of nitrogens with zero attached hydrogens (tertiary/aromatic N) is 1. The van der Waals surface area contributed by atoms with Gasteiger partial charge in [-0.3, -0.25) is 4.90 Å². The molecule has 2 rings (SSSR count). The Bertz CT molecular complexity index is 527. The van der Waals surface area contributed by atoms with Crippen molar-refractivity contribution in [2.45, 2.75) is 32.9 Å². The van der Waals surface area contributed by atoms with E-state index in [9.17, 15) is 9.59 Å². The molecule has 0 spiro atoms. The van der Waals surface area contributed by atoms with E-state index >= 15 is 0 Å². The van der Waals surface area contributed by atoms with Crippen LogP contribution in [0.5, 0.6) is 0 Å². The molecule has 0 radical (unpaired) electrons. The molecule has 0 bridgehead atoms. The number of methoxy groups -OCH3 is 1. The van der Waals surface area contributed by atoms with E-state index in [2.05, 4.69) is 0 Å². The highest BCUT2D eigenvalue weighted by Gasteiger charge is 2.36. The molecule has 108 valence electrons. The molecule has 1 amide bonds. The highest BCUT2D eigenvalue weighted by Crippen LogP contribution is 2.25. The second-order valence-electron chi connectivity index (χ2n) is 4.84. The minimum absolute atomic E-state index is 0.282. The molecule has 1 aromatic carbocycles. The lowest BCUT2D eigenvalue weighted by molar-refractivity contribution is -0.147. The minimum atomic E-state index is -0.617. The third kappa shape index (κ3) is 2.76. The summed E-state index contributed by atoms with van der Waals surface area (Å²) in [7, 11) is 1.33. The highest BCUT2D eigenvalue weighted by atomic mass is 16.6. The van der Waals surface area contributed by atoms with E-state index < -0.39 is 18.1 Å². The standard InChI is InChI=1S/C15H19NO4/c1-4-20-15(18)16-9-11-6-5-10(2)7-12(11)8-13(16)14(17)19-3/h5-7,13H,4,8-9H2,1-3H3. The van der Waals surface area contributed by atoms with E-state index in [0.29, 0.717) is 13.0 Å². The summed E-state index contributed by atoms with van der Waals surface area (Å²) in [5.74, 6) is -0.412. The number of ether oxygens (including phenoxy) is 2. The molecule has 1 aromatic rings. The molecule has 1 aliphatic rings. The van der Waals surface area contributed by atoms with Crippen LogP contribution in [0.1, 0.15) is 23.6 Å². The summed E-state index contributed by atoms with van der Waals surface area (Å²) in [6.45, 7) is 4.40. The van der Waals surface area contributed by atoms with Crippen LogP contribution in [0.4, 0.5) is 4.79 Å². The van der Waals surface area contributed by atoms with E-state index in [1.54, 1.807) is 6.92 Å². The van der Waals surface area contributed by atoms with Crippen molar-refractivity contribution in [3.8, 4) is 0 Å². The third-order valence-electron chi connectivity index (χ3n) is 3.47. The molecule has 0 saturated carbocycles. The third-order valence-corrected chi connectivity index (χ3v) is 3.47. The summed E-state index contributed by atoms with van der Waals surface area (Å²) >= 11 is 0. The maximum absolute atomic E-state index is 12.0. The van der Waals surface area contributed by atoms with Crippen molar-refractivity contribution in [2.75, 3.05) is 13.7 Å². The number of hydrogen-bond donors (Lipinski definition) is 0. The summed E-state index contributed by atoms with van der Waals surface area (Å²) in [5.41, 5.74) is 3.27. The van der Waals surface area contributed by atoms with Crippen molar-refractivity contribution in [3.63, 3.8) is 0 Å². The predicted molar refractivity (Wildman–Crippen MR) is 73.3 cm³/mol. The zero-order valence-corrected chi connectivity index (χ0v) is 12.0. The van der Waals surface area contributed by atoms with Gasteiger partial charge in [0, 0.05) is 6.42 Å². The number of carbonyl (C=O) groups excluding carboxylic acids is 2. The molecule has 1 unspecified atom stereocenters. The largest absolute Gasteiger partial charge is 0.467 e. The first-order chi connectivity index (χ1) is 9.56. The molecule has 1 atom stereocenters. The van der Waals surface area contributed by atoms with E-state index in [0.717, 1.165) is 16.7 Å². The van der Waals surface area contributed by atoms with Crippen LogP contribution in [0.2, 0.25) is 0 Å². The molecule has 5 heteroatoms. The first kappa shape index (κ1) is 14.4. The van der Waals surface area contributed by atoms with Crippen molar-refractivity contribution >= 4 is 12.1 Å². The van der Waals surface area contributed by atoms with Gasteiger partial charge in [0.1, 0.15) is 6.04 Å². The fraction of sp³-hybridized carbons (Fsp3) is 0.467. The topological polar surface area (TPSA) is 55.8 Å². The lowest BCUT2D eigenvalue weighted by Crippen LogP contribution is -2.49. The van der Waals surface area contributed by atoms with Gasteiger partial charge in [-0.1, -0.05) is 23.8 Å². The van der Waals surface area contributed by atoms with Crippen molar-refractivity contribution in [3.05, 3.63) is 34.9 Å². The normalized spacial score (nSPS) is 17.4. The second-order valence-corrected chi connectivity index (χ2v) is 4.84. The molecular weight excluding hydrogens is 258 g/mol. The molecule has 0 N–H and O–H groups in total. The number of hydrogen-bond acceptors (Lipinski definition) is 4. The second kappa shape index (κ2) is 5.94. The molecule has 0 saturated heterocycles. The van der Waals surface area contributed by atoms with Crippen LogP contribution < -0.4 is 0 Å². The summed E-state index contributed by atoms with van der Waals surface area (Å²) in [4.78, 5) is 25.3. The van der Waals surface area contributed by atoms with Crippen LogP contribution in [0.25, 0.3) is 0 Å². The molecule has 0 fully saturated rings. The number of carbonyl (C=O) groups is 2. The molecule has 0 aliphatic carbocycles. The van der Waals surface area contributed by atoms with Crippen molar-refractivity contribution in [2.24, 2.45) is 0 Å². The highest BCUT2D eigenvalue weighted by molar-refractivity contribution is 5.82. The van der Waals surface area contributed by atoms with Gasteiger partial charge in [-0.05, 0) is 25.0 Å². The monoisotopic (exact) mass is 277 g/mol. The van der Waals surface area contributed by atoms with Crippen molar-refractivity contribution < 1.29 is 19.1 Å². The van der Waals surface area contributed by atoms with Gasteiger partial charge in [0.15, 0.2) is 0 Å². The molecule has 1 heterocycles. The maximum atomic E-state index is 12.0. The molecular formula is C15H19NO4. The Morgan fingerprint density at radius 2 is 2.10 bits per heavy atom.